The third-order valence-electron chi connectivity index (χ3n) is 13.2. The van der Waals surface area contributed by atoms with Gasteiger partial charge >= 0.3 is 0 Å². The number of benzene rings is 10. The largest absolute Gasteiger partial charge is 0.309 e. The van der Waals surface area contributed by atoms with Crippen molar-refractivity contribution in [1.82, 2.24) is 4.57 Å². The number of nitrogens with zero attached hydrogens (tertiary/aromatic N) is 1. The quantitative estimate of drug-likeness (QED) is 0.154. The van der Waals surface area contributed by atoms with Gasteiger partial charge in [-0.15, -0.1) is 0 Å². The van der Waals surface area contributed by atoms with Gasteiger partial charge in [-0.2, -0.15) is 0 Å². The standard InChI is InChI=1S/C59H41N/c1-59(2)53-25-12-10-19-45(53)46-33-29-43(37-54(46)59)41-18-14-17-40(35-41)42-30-34-56-52(36-42)47-20-11-13-26-55(47)60(56)44-31-27-39(28-32-44)58-50-23-8-6-21-48(50)57(38-15-4-3-5-16-38)49-22-7-9-24-51(49)58/h3-37H,1-2H3. The number of para-hydroxylation sites is 1. The second-order valence-corrected chi connectivity index (χ2v) is 16.9. The number of fused-ring (bicyclic) bond motifs is 8. The fourth-order valence-electron chi connectivity index (χ4n) is 10.3. The van der Waals surface area contributed by atoms with Crippen molar-refractivity contribution in [3.8, 4) is 61.3 Å². The van der Waals surface area contributed by atoms with E-state index in [1.165, 1.54) is 110 Å². The Morgan fingerprint density at radius 3 is 1.45 bits per heavy atom. The Kier molecular flexibility index (Phi) is 7.65. The van der Waals surface area contributed by atoms with E-state index >= 15 is 0 Å². The van der Waals surface area contributed by atoms with Gasteiger partial charge in [0.15, 0.2) is 0 Å². The maximum absolute atomic E-state index is 2.42. The Hall–Kier alpha value is -7.48. The third-order valence-corrected chi connectivity index (χ3v) is 13.2. The van der Waals surface area contributed by atoms with Crippen molar-refractivity contribution in [3.63, 3.8) is 0 Å². The van der Waals surface area contributed by atoms with E-state index in [0.29, 0.717) is 0 Å². The van der Waals surface area contributed by atoms with Crippen LogP contribution in [0.3, 0.4) is 0 Å². The highest BCUT2D eigenvalue weighted by Gasteiger charge is 2.35. The van der Waals surface area contributed by atoms with Crippen LogP contribution >= 0.6 is 0 Å². The number of aromatic nitrogens is 1. The summed E-state index contributed by atoms with van der Waals surface area (Å²) in [5.41, 5.74) is 19.0. The molecule has 1 nitrogen and oxygen atoms in total. The van der Waals surface area contributed by atoms with Gasteiger partial charge in [0.05, 0.1) is 11.0 Å². The van der Waals surface area contributed by atoms with E-state index in [1.807, 2.05) is 0 Å². The van der Waals surface area contributed by atoms with Crippen molar-refractivity contribution in [2.24, 2.45) is 0 Å². The van der Waals surface area contributed by atoms with E-state index in [-0.39, 0.29) is 5.41 Å². The molecule has 0 N–H and O–H groups in total. The van der Waals surface area contributed by atoms with E-state index in [2.05, 4.69) is 231 Å². The highest BCUT2D eigenvalue weighted by molar-refractivity contribution is 6.21. The molecule has 0 saturated carbocycles. The molecule has 1 aliphatic rings. The fourth-order valence-corrected chi connectivity index (χ4v) is 10.3. The van der Waals surface area contributed by atoms with Gasteiger partial charge in [-0.25, -0.2) is 0 Å². The summed E-state index contributed by atoms with van der Waals surface area (Å²) in [5.74, 6) is 0. The zero-order chi connectivity index (χ0) is 40.0. The minimum atomic E-state index is -0.0317. The topological polar surface area (TPSA) is 4.93 Å². The monoisotopic (exact) mass is 763 g/mol. The maximum atomic E-state index is 2.42. The Labute approximate surface area is 350 Å². The van der Waals surface area contributed by atoms with Gasteiger partial charge in [0.2, 0.25) is 0 Å². The predicted octanol–water partition coefficient (Wildman–Crippen LogP) is 16.1. The predicted molar refractivity (Wildman–Crippen MR) is 255 cm³/mol. The molecule has 1 heterocycles. The van der Waals surface area contributed by atoms with E-state index in [4.69, 9.17) is 0 Å². The van der Waals surface area contributed by atoms with Gasteiger partial charge in [-0.1, -0.05) is 184 Å². The van der Waals surface area contributed by atoms with E-state index < -0.39 is 0 Å². The molecule has 0 aliphatic heterocycles. The van der Waals surface area contributed by atoms with E-state index in [1.54, 1.807) is 0 Å². The van der Waals surface area contributed by atoms with Crippen molar-refractivity contribution in [3.05, 3.63) is 223 Å². The van der Waals surface area contributed by atoms with Crippen LogP contribution in [0.25, 0.3) is 105 Å². The maximum Gasteiger partial charge on any atom is 0.0541 e. The molecule has 0 bridgehead atoms. The zero-order valence-corrected chi connectivity index (χ0v) is 33.7. The normalized spacial score (nSPS) is 13.0. The lowest BCUT2D eigenvalue weighted by atomic mass is 9.81. The molecular weight excluding hydrogens is 723 g/mol. The molecule has 1 aliphatic carbocycles. The second-order valence-electron chi connectivity index (χ2n) is 16.9. The van der Waals surface area contributed by atoms with Gasteiger partial charge < -0.3 is 4.57 Å². The van der Waals surface area contributed by atoms with E-state index in [9.17, 15) is 0 Å². The van der Waals surface area contributed by atoms with Crippen LogP contribution in [0.15, 0.2) is 212 Å². The summed E-state index contributed by atoms with van der Waals surface area (Å²) >= 11 is 0. The molecule has 12 rings (SSSR count). The van der Waals surface area contributed by atoms with Crippen LogP contribution in [0.1, 0.15) is 25.0 Å². The summed E-state index contributed by atoms with van der Waals surface area (Å²) in [6.45, 7) is 4.71. The first-order valence-corrected chi connectivity index (χ1v) is 21.0. The van der Waals surface area contributed by atoms with Crippen molar-refractivity contribution < 1.29 is 0 Å². The first kappa shape index (κ1) is 34.6. The van der Waals surface area contributed by atoms with Crippen LogP contribution in [0.5, 0.6) is 0 Å². The van der Waals surface area contributed by atoms with Gasteiger partial charge in [0, 0.05) is 21.9 Å². The summed E-state index contributed by atoms with van der Waals surface area (Å²) in [6, 6.07) is 78.6. The van der Waals surface area contributed by atoms with E-state index in [0.717, 1.165) is 5.69 Å². The molecule has 1 heteroatoms. The molecule has 0 spiro atoms. The van der Waals surface area contributed by atoms with Gasteiger partial charge in [-0.05, 0) is 131 Å². The molecule has 1 aromatic heterocycles. The summed E-state index contributed by atoms with van der Waals surface area (Å²) < 4.78 is 2.42. The van der Waals surface area contributed by atoms with Crippen LogP contribution in [0, 0.1) is 0 Å². The highest BCUT2D eigenvalue weighted by Crippen LogP contribution is 2.50. The summed E-state index contributed by atoms with van der Waals surface area (Å²) in [6.07, 6.45) is 0. The lowest BCUT2D eigenvalue weighted by Gasteiger charge is -2.22. The smallest absolute Gasteiger partial charge is 0.0541 e. The molecule has 0 amide bonds. The van der Waals surface area contributed by atoms with Crippen LogP contribution in [-0.4, -0.2) is 4.57 Å². The number of hydrogen-bond acceptors (Lipinski definition) is 0. The molecule has 0 fully saturated rings. The molecule has 60 heavy (non-hydrogen) atoms. The Morgan fingerprint density at radius 1 is 0.300 bits per heavy atom. The first-order valence-electron chi connectivity index (χ1n) is 21.0. The second kappa shape index (κ2) is 13.3. The van der Waals surface area contributed by atoms with Crippen molar-refractivity contribution >= 4 is 43.4 Å². The zero-order valence-electron chi connectivity index (χ0n) is 33.7. The molecule has 0 saturated heterocycles. The SMILES string of the molecule is CC1(C)c2ccccc2-c2ccc(-c3cccc(-c4ccc5c(c4)c4ccccc4n5-c4ccc(-c5c6ccccc6c(-c6ccccc6)c6ccccc56)cc4)c3)cc21. The van der Waals surface area contributed by atoms with Crippen LogP contribution in [0.2, 0.25) is 0 Å². The molecule has 11 aromatic rings. The summed E-state index contributed by atoms with van der Waals surface area (Å²) in [5, 5.41) is 7.58. The summed E-state index contributed by atoms with van der Waals surface area (Å²) in [7, 11) is 0. The Bertz CT molecular complexity index is 3430. The number of hydrogen-bond donors (Lipinski definition) is 0. The highest BCUT2D eigenvalue weighted by atomic mass is 15.0. The third kappa shape index (κ3) is 5.19. The lowest BCUT2D eigenvalue weighted by molar-refractivity contribution is 0.660. The van der Waals surface area contributed by atoms with Crippen LogP contribution in [0.4, 0.5) is 0 Å². The molecule has 10 aromatic carbocycles. The average molecular weight is 764 g/mol. The van der Waals surface area contributed by atoms with Crippen molar-refractivity contribution in [1.29, 1.82) is 0 Å². The minimum Gasteiger partial charge on any atom is -0.309 e. The van der Waals surface area contributed by atoms with Crippen LogP contribution in [-0.2, 0) is 5.41 Å². The van der Waals surface area contributed by atoms with Crippen molar-refractivity contribution in [2.45, 2.75) is 19.3 Å². The minimum absolute atomic E-state index is 0.0317. The van der Waals surface area contributed by atoms with Crippen molar-refractivity contribution in [2.75, 3.05) is 0 Å². The van der Waals surface area contributed by atoms with Gasteiger partial charge in [-0.3, -0.25) is 0 Å². The molecular formula is C59H41N. The van der Waals surface area contributed by atoms with Gasteiger partial charge in [0.1, 0.15) is 0 Å². The lowest BCUT2D eigenvalue weighted by Crippen LogP contribution is -2.14. The van der Waals surface area contributed by atoms with Gasteiger partial charge in [0.25, 0.3) is 0 Å². The Balaban J connectivity index is 0.945. The fraction of sp³-hybridized carbons (Fsp3) is 0.0508. The molecule has 0 unspecified atom stereocenters. The first-order chi connectivity index (χ1) is 29.5. The van der Waals surface area contributed by atoms with Crippen LogP contribution < -0.4 is 0 Å². The average Bonchev–Trinajstić information content (AvgIpc) is 3.76. The molecule has 282 valence electrons. The summed E-state index contributed by atoms with van der Waals surface area (Å²) in [4.78, 5) is 0. The Morgan fingerprint density at radius 2 is 0.767 bits per heavy atom. The number of rotatable bonds is 5. The molecule has 0 atom stereocenters. The molecule has 0 radical (unpaired) electrons.